The number of likely N-dealkylation sites (tertiary alicyclic amines) is 1. The van der Waals surface area contributed by atoms with Gasteiger partial charge in [0.05, 0.1) is 7.11 Å². The highest BCUT2D eigenvalue weighted by atomic mass is 31.2. The van der Waals surface area contributed by atoms with Crippen LogP contribution in [0.1, 0.15) is 24.5 Å². The fourth-order valence-electron chi connectivity index (χ4n) is 5.66. The molecule has 1 saturated heterocycles. The minimum Gasteiger partial charge on any atom is -0.493 e. The molecule has 0 saturated carbocycles. The first kappa shape index (κ1) is 21.3. The van der Waals surface area contributed by atoms with Crippen molar-refractivity contribution in [3.8, 4) is 11.5 Å². The number of hydrogen-bond donors (Lipinski definition) is 3. The average Bonchev–Trinajstić information content (AvgIpc) is 2.99. The van der Waals surface area contributed by atoms with Crippen molar-refractivity contribution in [2.24, 2.45) is 5.92 Å². The number of methoxy groups -OCH3 is 1. The van der Waals surface area contributed by atoms with Crippen LogP contribution in [-0.4, -0.2) is 64.5 Å². The first-order valence-corrected chi connectivity index (χ1v) is 11.3. The van der Waals surface area contributed by atoms with Crippen LogP contribution in [0.15, 0.2) is 24.3 Å². The number of carbonyl (C=O) groups excluding carboxylic acids is 1. The Morgan fingerprint density at radius 2 is 2.00 bits per heavy atom. The van der Waals surface area contributed by atoms with E-state index in [4.69, 9.17) is 33.5 Å². The molecule has 1 aromatic rings. The first-order valence-electron chi connectivity index (χ1n) is 9.77. The average molecular weight is 439 g/mol. The minimum absolute atomic E-state index is 0.122. The van der Waals surface area contributed by atoms with Gasteiger partial charge in [-0.15, -0.1) is 0 Å². The van der Waals surface area contributed by atoms with Crippen LogP contribution in [-0.2, 0) is 25.9 Å². The molecule has 1 unspecified atom stereocenters. The van der Waals surface area contributed by atoms with E-state index in [1.54, 1.807) is 7.11 Å². The molecule has 2 aliphatic heterocycles. The molecule has 4 aliphatic rings. The van der Waals surface area contributed by atoms with Crippen LogP contribution in [0.4, 0.5) is 0 Å². The van der Waals surface area contributed by atoms with Crippen molar-refractivity contribution >= 4 is 13.8 Å². The Morgan fingerprint density at radius 1 is 1.30 bits per heavy atom. The van der Waals surface area contributed by atoms with Crippen LogP contribution in [0.3, 0.4) is 0 Å². The fourth-order valence-corrected chi connectivity index (χ4v) is 5.66. The molecular weight excluding hydrogens is 413 g/mol. The van der Waals surface area contributed by atoms with Gasteiger partial charge in [-0.2, -0.15) is 0 Å². The Hall–Kier alpha value is -1.90. The molecule has 1 aromatic carbocycles. The molecule has 2 bridgehead atoms. The molecule has 1 fully saturated rings. The fraction of sp³-hybridized carbons (Fsp3) is 0.550. The number of benzene rings is 1. The van der Waals surface area contributed by atoms with Crippen LogP contribution in [0.25, 0.3) is 0 Å². The van der Waals surface area contributed by atoms with Crippen molar-refractivity contribution in [1.82, 2.24) is 4.90 Å². The summed E-state index contributed by atoms with van der Waals surface area (Å²) in [6.07, 6.45) is 5.81. The Morgan fingerprint density at radius 3 is 2.63 bits per heavy atom. The number of hydrogen-bond acceptors (Lipinski definition) is 6. The van der Waals surface area contributed by atoms with Gasteiger partial charge in [0.25, 0.3) is 0 Å². The maximum absolute atomic E-state index is 11.6. The number of ether oxygens (including phenoxy) is 3. The van der Waals surface area contributed by atoms with E-state index in [2.05, 4.69) is 24.1 Å². The van der Waals surface area contributed by atoms with E-state index in [0.29, 0.717) is 12.0 Å². The van der Waals surface area contributed by atoms with Gasteiger partial charge in [-0.05, 0) is 44.1 Å². The van der Waals surface area contributed by atoms with Gasteiger partial charge in [-0.25, -0.2) is 4.57 Å². The Labute approximate surface area is 174 Å². The molecule has 164 valence electrons. The lowest BCUT2D eigenvalue weighted by atomic mass is 9.53. The summed E-state index contributed by atoms with van der Waals surface area (Å²) in [5.74, 6) is 1.75. The standard InChI is InChI=1S/C20H23NO4.H3O4P/c1-11(22)24-16-7-5-13-14-10-12-4-6-15(23-3)18-17(12)20(13,19(16)25-18)8-9-21(14)2;1-5(2,3)4/h4-7,13-14,16,19H,8-10H2,1-3H3;(H3,1,2,3,4)/t13-,14+,16-,19?,20-;/m0./s1. The van der Waals surface area contributed by atoms with Crippen molar-refractivity contribution in [2.75, 3.05) is 20.7 Å². The number of carbonyl (C=O) groups is 1. The third-order valence-corrected chi connectivity index (χ3v) is 6.64. The highest BCUT2D eigenvalue weighted by molar-refractivity contribution is 7.45. The quantitative estimate of drug-likeness (QED) is 0.353. The highest BCUT2D eigenvalue weighted by Gasteiger charge is 2.65. The molecular formula is C20H26NO8P. The van der Waals surface area contributed by atoms with Crippen molar-refractivity contribution in [3.63, 3.8) is 0 Å². The summed E-state index contributed by atoms with van der Waals surface area (Å²) < 4.78 is 26.6. The van der Waals surface area contributed by atoms with E-state index < -0.39 is 7.82 Å². The summed E-state index contributed by atoms with van der Waals surface area (Å²) in [5.41, 5.74) is 2.53. The van der Waals surface area contributed by atoms with Crippen LogP contribution < -0.4 is 9.47 Å². The Bertz CT molecular complexity index is 935. The number of likely N-dealkylation sites (N-methyl/N-ethyl adjacent to an activating group) is 1. The second-order valence-corrected chi connectivity index (χ2v) is 9.24. The summed E-state index contributed by atoms with van der Waals surface area (Å²) in [6, 6.07) is 4.65. The summed E-state index contributed by atoms with van der Waals surface area (Å²) >= 11 is 0. The van der Waals surface area contributed by atoms with Crippen LogP contribution in [0.2, 0.25) is 0 Å². The van der Waals surface area contributed by atoms with Gasteiger partial charge in [0.1, 0.15) is 6.10 Å². The van der Waals surface area contributed by atoms with Gasteiger partial charge < -0.3 is 33.8 Å². The molecule has 2 aliphatic carbocycles. The van der Waals surface area contributed by atoms with Crippen molar-refractivity contribution in [2.45, 2.75) is 43.4 Å². The topological polar surface area (TPSA) is 126 Å². The summed E-state index contributed by atoms with van der Waals surface area (Å²) in [6.45, 7) is 2.49. The molecule has 0 aromatic heterocycles. The number of rotatable bonds is 2. The largest absolute Gasteiger partial charge is 0.493 e. The molecule has 30 heavy (non-hydrogen) atoms. The van der Waals surface area contributed by atoms with Gasteiger partial charge in [-0.1, -0.05) is 12.1 Å². The predicted octanol–water partition coefficient (Wildman–Crippen LogP) is 1.14. The first-order chi connectivity index (χ1) is 14.1. The van der Waals surface area contributed by atoms with Gasteiger partial charge in [0.15, 0.2) is 17.6 Å². The second kappa shape index (κ2) is 7.35. The SMILES string of the molecule is COc1ccc2c3c1OC1[C@@H](OC(C)=O)C=C[C@H]4[C@@H](C2)N(C)CC[C@]314.O=P(O)(O)O. The zero-order chi connectivity index (χ0) is 21.8. The third kappa shape index (κ3) is 3.35. The lowest BCUT2D eigenvalue weighted by molar-refractivity contribution is -0.152. The highest BCUT2D eigenvalue weighted by Crippen LogP contribution is 2.62. The Balaban J connectivity index is 0.000000393. The molecule has 9 nitrogen and oxygen atoms in total. The smallest absolute Gasteiger partial charge is 0.466 e. The molecule has 1 spiro atoms. The third-order valence-electron chi connectivity index (χ3n) is 6.64. The zero-order valence-electron chi connectivity index (χ0n) is 17.0. The van der Waals surface area contributed by atoms with E-state index in [0.717, 1.165) is 30.9 Å². The van der Waals surface area contributed by atoms with Gasteiger partial charge in [0, 0.05) is 29.9 Å². The van der Waals surface area contributed by atoms with E-state index in [1.807, 2.05) is 12.1 Å². The number of nitrogens with zero attached hydrogens (tertiary/aromatic N) is 1. The van der Waals surface area contributed by atoms with Gasteiger partial charge in [-0.3, -0.25) is 4.79 Å². The van der Waals surface area contributed by atoms with Crippen molar-refractivity contribution < 1.29 is 38.3 Å². The summed E-state index contributed by atoms with van der Waals surface area (Å²) in [7, 11) is -0.745. The lowest BCUT2D eigenvalue weighted by Crippen LogP contribution is -2.65. The maximum Gasteiger partial charge on any atom is 0.466 e. The molecule has 0 amide bonds. The molecule has 10 heteroatoms. The number of esters is 1. The molecule has 0 radical (unpaired) electrons. The molecule has 2 heterocycles. The van der Waals surface area contributed by atoms with Crippen LogP contribution in [0, 0.1) is 5.92 Å². The van der Waals surface area contributed by atoms with Crippen molar-refractivity contribution in [1.29, 1.82) is 0 Å². The number of phosphoric acid groups is 1. The molecule has 5 rings (SSSR count). The second-order valence-electron chi connectivity index (χ2n) is 8.21. The molecule has 3 N–H and O–H groups in total. The van der Waals surface area contributed by atoms with Crippen molar-refractivity contribution in [3.05, 3.63) is 35.4 Å². The normalized spacial score (nSPS) is 33.0. The monoisotopic (exact) mass is 439 g/mol. The van der Waals surface area contributed by atoms with Gasteiger partial charge in [0.2, 0.25) is 0 Å². The van der Waals surface area contributed by atoms with Crippen LogP contribution in [0.5, 0.6) is 11.5 Å². The molecule has 5 atom stereocenters. The van der Waals surface area contributed by atoms with Gasteiger partial charge >= 0.3 is 13.8 Å². The summed E-state index contributed by atoms with van der Waals surface area (Å²) in [4.78, 5) is 35.7. The van der Waals surface area contributed by atoms with E-state index in [-0.39, 0.29) is 23.6 Å². The maximum atomic E-state index is 11.6. The zero-order valence-corrected chi connectivity index (χ0v) is 17.9. The summed E-state index contributed by atoms with van der Waals surface area (Å²) in [5, 5.41) is 0. The number of piperidine rings is 1. The minimum atomic E-state index is -4.64. The van der Waals surface area contributed by atoms with E-state index in [1.165, 1.54) is 18.1 Å². The van der Waals surface area contributed by atoms with E-state index in [9.17, 15) is 4.79 Å². The predicted molar refractivity (Wildman–Crippen MR) is 106 cm³/mol. The lowest BCUT2D eigenvalue weighted by Gasteiger charge is -2.56. The van der Waals surface area contributed by atoms with E-state index >= 15 is 0 Å². The Kier molecular flexibility index (Phi) is 5.23. The van der Waals surface area contributed by atoms with Crippen LogP contribution >= 0.6 is 7.82 Å².